The molecule has 5 heteroatoms. The average Bonchev–Trinajstić information content (AvgIpc) is 2.82. The number of hydrogen-bond acceptors (Lipinski definition) is 4. The lowest BCUT2D eigenvalue weighted by Crippen LogP contribution is -2.61. The Kier molecular flexibility index (Phi) is 4.76. The molecule has 0 spiro atoms. The molecule has 118 valence electrons. The fourth-order valence-corrected chi connectivity index (χ4v) is 3.63. The molecule has 1 amide bonds. The molecule has 2 rings (SSSR count). The Morgan fingerprint density at radius 2 is 2.29 bits per heavy atom. The second kappa shape index (κ2) is 6.07. The van der Waals surface area contributed by atoms with Gasteiger partial charge < -0.3 is 15.7 Å². The highest BCUT2D eigenvalue weighted by Gasteiger charge is 2.43. The van der Waals surface area contributed by atoms with Crippen molar-refractivity contribution < 1.29 is 9.90 Å². The molecule has 0 saturated carbocycles. The summed E-state index contributed by atoms with van der Waals surface area (Å²) in [5, 5.41) is 19.2. The summed E-state index contributed by atoms with van der Waals surface area (Å²) in [4.78, 5) is 13.4. The minimum atomic E-state index is -0.895. The van der Waals surface area contributed by atoms with E-state index < -0.39 is 5.60 Å². The van der Waals surface area contributed by atoms with E-state index in [0.717, 1.165) is 11.4 Å². The van der Waals surface area contributed by atoms with Gasteiger partial charge in [-0.1, -0.05) is 26.8 Å². The molecule has 1 aliphatic heterocycles. The van der Waals surface area contributed by atoms with Gasteiger partial charge in [0.15, 0.2) is 0 Å². The van der Waals surface area contributed by atoms with Crippen molar-refractivity contribution in [2.24, 2.45) is 5.41 Å². The lowest BCUT2D eigenvalue weighted by atomic mass is 9.82. The van der Waals surface area contributed by atoms with Crippen LogP contribution in [0.5, 0.6) is 0 Å². The Labute approximate surface area is 131 Å². The standard InChI is InChI=1S/C16H26N2O2S/c1-15(2,3)10-12(19)18-14-13(11-6-5-9-21-11)17-8-7-16(14,4)20/h5-6,9,13-14,17,20H,7-8,10H2,1-4H3,(H,18,19). The van der Waals surface area contributed by atoms with Crippen molar-refractivity contribution in [2.75, 3.05) is 6.54 Å². The lowest BCUT2D eigenvalue weighted by Gasteiger charge is -2.43. The Morgan fingerprint density at radius 3 is 2.86 bits per heavy atom. The Hall–Kier alpha value is -0.910. The van der Waals surface area contributed by atoms with E-state index in [1.807, 2.05) is 45.2 Å². The van der Waals surface area contributed by atoms with Gasteiger partial charge in [-0.25, -0.2) is 0 Å². The summed E-state index contributed by atoms with van der Waals surface area (Å²) in [7, 11) is 0. The van der Waals surface area contributed by atoms with Crippen LogP contribution in [0.3, 0.4) is 0 Å². The Balaban J connectivity index is 2.16. The fourth-order valence-electron chi connectivity index (χ4n) is 2.79. The normalized spacial score (nSPS) is 30.1. The first kappa shape index (κ1) is 16.5. The van der Waals surface area contributed by atoms with Gasteiger partial charge in [-0.3, -0.25) is 4.79 Å². The van der Waals surface area contributed by atoms with Crippen LogP contribution in [0.1, 0.15) is 51.5 Å². The first-order valence-corrected chi connectivity index (χ1v) is 8.35. The van der Waals surface area contributed by atoms with Gasteiger partial charge in [-0.15, -0.1) is 11.3 Å². The molecular formula is C16H26N2O2S. The smallest absolute Gasteiger partial charge is 0.220 e. The molecule has 0 aliphatic carbocycles. The molecule has 21 heavy (non-hydrogen) atoms. The lowest BCUT2D eigenvalue weighted by molar-refractivity contribution is -0.127. The van der Waals surface area contributed by atoms with Crippen LogP contribution in [0.2, 0.25) is 0 Å². The molecule has 3 N–H and O–H groups in total. The van der Waals surface area contributed by atoms with E-state index in [2.05, 4.69) is 10.6 Å². The van der Waals surface area contributed by atoms with Crippen LogP contribution < -0.4 is 10.6 Å². The van der Waals surface area contributed by atoms with E-state index in [4.69, 9.17) is 0 Å². The number of hydrogen-bond donors (Lipinski definition) is 3. The molecule has 1 aliphatic rings. The summed E-state index contributed by atoms with van der Waals surface area (Å²) in [6.07, 6.45) is 1.09. The minimum Gasteiger partial charge on any atom is -0.388 e. The molecule has 2 heterocycles. The Bertz CT molecular complexity index is 477. The summed E-state index contributed by atoms with van der Waals surface area (Å²) in [5.41, 5.74) is -0.954. The van der Waals surface area contributed by atoms with Crippen molar-refractivity contribution in [3.8, 4) is 0 Å². The zero-order valence-corrected chi connectivity index (χ0v) is 14.1. The fraction of sp³-hybridized carbons (Fsp3) is 0.688. The number of thiophene rings is 1. The van der Waals surface area contributed by atoms with E-state index in [1.54, 1.807) is 11.3 Å². The van der Waals surface area contributed by atoms with E-state index >= 15 is 0 Å². The zero-order chi connectivity index (χ0) is 15.7. The number of carbonyl (C=O) groups is 1. The second-order valence-corrected chi connectivity index (χ2v) is 8.32. The zero-order valence-electron chi connectivity index (χ0n) is 13.3. The number of nitrogens with one attached hydrogen (secondary N) is 2. The highest BCUT2D eigenvalue weighted by molar-refractivity contribution is 7.10. The van der Waals surface area contributed by atoms with Crippen molar-refractivity contribution >= 4 is 17.2 Å². The van der Waals surface area contributed by atoms with Crippen molar-refractivity contribution in [3.63, 3.8) is 0 Å². The highest BCUT2D eigenvalue weighted by Crippen LogP contribution is 2.33. The molecule has 3 atom stereocenters. The average molecular weight is 310 g/mol. The SMILES string of the molecule is CC(C)(C)CC(=O)NC1C(c2cccs2)NCCC1(C)O. The van der Waals surface area contributed by atoms with Crippen LogP contribution in [0.15, 0.2) is 17.5 Å². The number of rotatable bonds is 3. The van der Waals surface area contributed by atoms with Gasteiger partial charge in [0.2, 0.25) is 5.91 Å². The highest BCUT2D eigenvalue weighted by atomic mass is 32.1. The maximum absolute atomic E-state index is 12.3. The maximum Gasteiger partial charge on any atom is 0.220 e. The van der Waals surface area contributed by atoms with Gasteiger partial charge in [0.25, 0.3) is 0 Å². The molecule has 4 nitrogen and oxygen atoms in total. The summed E-state index contributed by atoms with van der Waals surface area (Å²) in [6.45, 7) is 8.69. The third-order valence-corrected chi connectivity index (χ3v) is 4.81. The molecule has 0 bridgehead atoms. The largest absolute Gasteiger partial charge is 0.388 e. The minimum absolute atomic E-state index is 0.00182. The quantitative estimate of drug-likeness (QED) is 0.803. The third-order valence-electron chi connectivity index (χ3n) is 3.86. The maximum atomic E-state index is 12.3. The van der Waals surface area contributed by atoms with Crippen LogP contribution in [-0.2, 0) is 4.79 Å². The predicted molar refractivity (Wildman–Crippen MR) is 86.3 cm³/mol. The Morgan fingerprint density at radius 1 is 1.57 bits per heavy atom. The van der Waals surface area contributed by atoms with Crippen molar-refractivity contribution in [1.82, 2.24) is 10.6 Å². The summed E-state index contributed by atoms with van der Waals surface area (Å²) < 4.78 is 0. The van der Waals surface area contributed by atoms with Crippen molar-refractivity contribution in [3.05, 3.63) is 22.4 Å². The van der Waals surface area contributed by atoms with Crippen molar-refractivity contribution in [2.45, 2.75) is 58.2 Å². The topological polar surface area (TPSA) is 61.4 Å². The van der Waals surface area contributed by atoms with E-state index in [0.29, 0.717) is 12.8 Å². The number of amides is 1. The van der Waals surface area contributed by atoms with Gasteiger partial charge in [-0.05, 0) is 36.8 Å². The molecule has 0 radical (unpaired) electrons. The molecule has 3 unspecified atom stereocenters. The van der Waals surface area contributed by atoms with Crippen molar-refractivity contribution in [1.29, 1.82) is 0 Å². The van der Waals surface area contributed by atoms with Gasteiger partial charge in [0, 0.05) is 11.3 Å². The van der Waals surface area contributed by atoms with Gasteiger partial charge in [-0.2, -0.15) is 0 Å². The second-order valence-electron chi connectivity index (χ2n) is 7.34. The summed E-state index contributed by atoms with van der Waals surface area (Å²) >= 11 is 1.65. The predicted octanol–water partition coefficient (Wildman–Crippen LogP) is 2.45. The molecule has 1 aromatic rings. The van der Waals surface area contributed by atoms with Gasteiger partial charge in [0.1, 0.15) is 0 Å². The van der Waals surface area contributed by atoms with E-state index in [9.17, 15) is 9.90 Å². The number of carbonyl (C=O) groups excluding carboxylic acids is 1. The number of aliphatic hydroxyl groups is 1. The molecule has 1 aromatic heterocycles. The van der Waals surface area contributed by atoms with Gasteiger partial charge >= 0.3 is 0 Å². The van der Waals surface area contributed by atoms with Crippen LogP contribution >= 0.6 is 11.3 Å². The summed E-state index contributed by atoms with van der Waals surface area (Å²) in [5.74, 6) is -0.00182. The number of piperidine rings is 1. The third kappa shape index (κ3) is 4.28. The molecule has 1 fully saturated rings. The molecule has 1 saturated heterocycles. The van der Waals surface area contributed by atoms with Gasteiger partial charge in [0.05, 0.1) is 17.7 Å². The monoisotopic (exact) mass is 310 g/mol. The van der Waals surface area contributed by atoms with Crippen LogP contribution in [0.25, 0.3) is 0 Å². The first-order chi connectivity index (χ1) is 9.69. The van der Waals surface area contributed by atoms with E-state index in [-0.39, 0.29) is 23.4 Å². The van der Waals surface area contributed by atoms with E-state index in [1.165, 1.54) is 0 Å². The van der Waals surface area contributed by atoms with Crippen LogP contribution in [0, 0.1) is 5.41 Å². The molecule has 0 aromatic carbocycles. The molecular weight excluding hydrogens is 284 g/mol. The summed E-state index contributed by atoms with van der Waals surface area (Å²) in [6, 6.07) is 3.71. The van der Waals surface area contributed by atoms with Crippen LogP contribution in [-0.4, -0.2) is 29.2 Å². The van der Waals surface area contributed by atoms with Crippen LogP contribution in [0.4, 0.5) is 0 Å². The first-order valence-electron chi connectivity index (χ1n) is 7.48.